The van der Waals surface area contributed by atoms with Gasteiger partial charge in [0.1, 0.15) is 0 Å². The van der Waals surface area contributed by atoms with Gasteiger partial charge in [0.05, 0.1) is 0 Å². The van der Waals surface area contributed by atoms with Crippen LogP contribution in [0.3, 0.4) is 0 Å². The van der Waals surface area contributed by atoms with Gasteiger partial charge in [-0.1, -0.05) is 17.7 Å². The first-order valence-electron chi connectivity index (χ1n) is 7.77. The molecule has 1 aromatic carbocycles. The van der Waals surface area contributed by atoms with Crippen molar-refractivity contribution >= 4 is 11.6 Å². The number of anilines is 1. The van der Waals surface area contributed by atoms with Crippen LogP contribution in [0.25, 0.3) is 0 Å². The summed E-state index contributed by atoms with van der Waals surface area (Å²) in [5.74, 6) is 1.20. The van der Waals surface area contributed by atoms with Crippen molar-refractivity contribution in [3.05, 3.63) is 29.3 Å². The standard InChI is InChI=1S/C17H22N2O/c1-11-3-6-15-13(9-11)14-10-18(2)8-7-16(14)19(15)17(20)12-4-5-12/h3,6,9,12,14,16H,4-5,7-8,10H2,1-2H3. The van der Waals surface area contributed by atoms with E-state index in [0.717, 1.165) is 32.4 Å². The van der Waals surface area contributed by atoms with E-state index >= 15 is 0 Å². The molecule has 2 unspecified atom stereocenters. The second kappa shape index (κ2) is 4.32. The molecule has 106 valence electrons. The number of likely N-dealkylation sites (tertiary alicyclic amines) is 1. The third kappa shape index (κ3) is 1.80. The van der Waals surface area contributed by atoms with Crippen LogP contribution in [-0.2, 0) is 4.79 Å². The van der Waals surface area contributed by atoms with Crippen LogP contribution in [-0.4, -0.2) is 37.0 Å². The average molecular weight is 270 g/mol. The Morgan fingerprint density at radius 1 is 1.25 bits per heavy atom. The topological polar surface area (TPSA) is 23.6 Å². The van der Waals surface area contributed by atoms with Crippen molar-refractivity contribution in [1.82, 2.24) is 4.90 Å². The number of nitrogens with zero attached hydrogens (tertiary/aromatic N) is 2. The maximum absolute atomic E-state index is 12.7. The van der Waals surface area contributed by atoms with E-state index in [2.05, 4.69) is 42.0 Å². The monoisotopic (exact) mass is 270 g/mol. The molecule has 1 aromatic rings. The first kappa shape index (κ1) is 12.4. The molecule has 2 aliphatic heterocycles. The Balaban J connectivity index is 1.78. The Kier molecular flexibility index (Phi) is 2.68. The molecule has 1 saturated carbocycles. The van der Waals surface area contributed by atoms with E-state index < -0.39 is 0 Å². The Labute approximate surface area is 120 Å². The van der Waals surface area contributed by atoms with Crippen LogP contribution in [0.15, 0.2) is 18.2 Å². The zero-order valence-corrected chi connectivity index (χ0v) is 12.3. The molecule has 1 saturated heterocycles. The van der Waals surface area contributed by atoms with E-state index in [1.54, 1.807) is 0 Å². The summed E-state index contributed by atoms with van der Waals surface area (Å²) in [4.78, 5) is 17.3. The maximum atomic E-state index is 12.7. The van der Waals surface area contributed by atoms with E-state index in [1.165, 1.54) is 16.8 Å². The summed E-state index contributed by atoms with van der Waals surface area (Å²) in [5.41, 5.74) is 3.89. The summed E-state index contributed by atoms with van der Waals surface area (Å²) in [6.07, 6.45) is 3.29. The number of likely N-dealkylation sites (N-methyl/N-ethyl adjacent to an activating group) is 1. The minimum absolute atomic E-state index is 0.308. The lowest BCUT2D eigenvalue weighted by molar-refractivity contribution is -0.120. The van der Waals surface area contributed by atoms with Gasteiger partial charge in [0.15, 0.2) is 0 Å². The number of carbonyl (C=O) groups excluding carboxylic acids is 1. The quantitative estimate of drug-likeness (QED) is 0.783. The van der Waals surface area contributed by atoms with E-state index in [0.29, 0.717) is 23.8 Å². The summed E-state index contributed by atoms with van der Waals surface area (Å²) >= 11 is 0. The second-order valence-electron chi connectivity index (χ2n) is 6.77. The van der Waals surface area contributed by atoms with Gasteiger partial charge in [-0.2, -0.15) is 0 Å². The zero-order chi connectivity index (χ0) is 13.9. The smallest absolute Gasteiger partial charge is 0.230 e. The molecule has 0 radical (unpaired) electrons. The van der Waals surface area contributed by atoms with Gasteiger partial charge in [-0.3, -0.25) is 4.79 Å². The number of rotatable bonds is 1. The summed E-state index contributed by atoms with van der Waals surface area (Å²) in [7, 11) is 2.19. The molecule has 3 aliphatic rings. The number of hydrogen-bond donors (Lipinski definition) is 0. The Bertz CT molecular complexity index is 564. The first-order chi connectivity index (χ1) is 9.65. The SMILES string of the molecule is Cc1ccc2c(c1)C1CN(C)CCC1N2C(=O)C1CC1. The highest BCUT2D eigenvalue weighted by Gasteiger charge is 2.47. The van der Waals surface area contributed by atoms with Crippen molar-refractivity contribution in [2.75, 3.05) is 25.0 Å². The van der Waals surface area contributed by atoms with Crippen molar-refractivity contribution in [2.45, 2.75) is 38.1 Å². The fourth-order valence-electron chi connectivity index (χ4n) is 3.90. The highest BCUT2D eigenvalue weighted by atomic mass is 16.2. The van der Waals surface area contributed by atoms with Gasteiger partial charge in [0.2, 0.25) is 5.91 Å². The van der Waals surface area contributed by atoms with Crippen LogP contribution < -0.4 is 4.90 Å². The Morgan fingerprint density at radius 3 is 2.80 bits per heavy atom. The minimum atomic E-state index is 0.308. The molecule has 2 fully saturated rings. The molecule has 3 heteroatoms. The maximum Gasteiger partial charge on any atom is 0.230 e. The molecule has 0 aromatic heterocycles. The molecule has 2 atom stereocenters. The van der Waals surface area contributed by atoms with Crippen molar-refractivity contribution in [1.29, 1.82) is 0 Å². The molecular weight excluding hydrogens is 248 g/mol. The minimum Gasteiger partial charge on any atom is -0.308 e. The van der Waals surface area contributed by atoms with E-state index in [1.807, 2.05) is 0 Å². The van der Waals surface area contributed by atoms with Crippen LogP contribution in [0.2, 0.25) is 0 Å². The molecule has 1 aliphatic carbocycles. The number of piperidine rings is 1. The van der Waals surface area contributed by atoms with Crippen LogP contribution in [0.1, 0.15) is 36.3 Å². The highest BCUT2D eigenvalue weighted by molar-refractivity contribution is 5.99. The number of benzene rings is 1. The molecule has 0 spiro atoms. The van der Waals surface area contributed by atoms with Gasteiger partial charge in [-0.15, -0.1) is 0 Å². The van der Waals surface area contributed by atoms with Crippen molar-refractivity contribution < 1.29 is 4.79 Å². The van der Waals surface area contributed by atoms with Gasteiger partial charge < -0.3 is 9.80 Å². The van der Waals surface area contributed by atoms with Crippen molar-refractivity contribution in [3.8, 4) is 0 Å². The summed E-state index contributed by atoms with van der Waals surface area (Å²) in [6, 6.07) is 7.01. The van der Waals surface area contributed by atoms with Crippen molar-refractivity contribution in [3.63, 3.8) is 0 Å². The van der Waals surface area contributed by atoms with E-state index in [4.69, 9.17) is 0 Å². The van der Waals surface area contributed by atoms with E-state index in [9.17, 15) is 4.79 Å². The number of hydrogen-bond acceptors (Lipinski definition) is 2. The normalized spacial score (nSPS) is 29.2. The molecule has 1 amide bonds. The lowest BCUT2D eigenvalue weighted by atomic mass is 9.89. The molecule has 3 nitrogen and oxygen atoms in total. The molecule has 20 heavy (non-hydrogen) atoms. The predicted octanol–water partition coefficient (Wildman–Crippen LogP) is 2.54. The lowest BCUT2D eigenvalue weighted by Crippen LogP contribution is -2.47. The largest absolute Gasteiger partial charge is 0.308 e. The molecule has 0 N–H and O–H groups in total. The molecule has 0 bridgehead atoms. The van der Waals surface area contributed by atoms with Crippen molar-refractivity contribution in [2.24, 2.45) is 5.92 Å². The number of amides is 1. The van der Waals surface area contributed by atoms with Crippen LogP contribution in [0, 0.1) is 12.8 Å². The Hall–Kier alpha value is -1.35. The number of aryl methyl sites for hydroxylation is 1. The van der Waals surface area contributed by atoms with Gasteiger partial charge in [0, 0.05) is 30.1 Å². The fraction of sp³-hybridized carbons (Fsp3) is 0.588. The van der Waals surface area contributed by atoms with E-state index in [-0.39, 0.29) is 0 Å². The van der Waals surface area contributed by atoms with Crippen LogP contribution in [0.5, 0.6) is 0 Å². The van der Waals surface area contributed by atoms with Gasteiger partial charge in [0.25, 0.3) is 0 Å². The Morgan fingerprint density at radius 2 is 2.05 bits per heavy atom. The first-order valence-corrected chi connectivity index (χ1v) is 7.77. The molecular formula is C17H22N2O. The molecule has 4 rings (SSSR count). The third-order valence-electron chi connectivity index (χ3n) is 5.12. The molecule has 2 heterocycles. The third-order valence-corrected chi connectivity index (χ3v) is 5.12. The summed E-state index contributed by atoms with van der Waals surface area (Å²) < 4.78 is 0. The number of carbonyl (C=O) groups is 1. The van der Waals surface area contributed by atoms with Gasteiger partial charge in [-0.25, -0.2) is 0 Å². The average Bonchev–Trinajstić information content (AvgIpc) is 3.22. The van der Waals surface area contributed by atoms with Gasteiger partial charge in [-0.05, 0) is 51.4 Å². The number of fused-ring (bicyclic) bond motifs is 3. The fourth-order valence-corrected chi connectivity index (χ4v) is 3.90. The highest BCUT2D eigenvalue weighted by Crippen LogP contribution is 2.47. The predicted molar refractivity (Wildman–Crippen MR) is 80.0 cm³/mol. The summed E-state index contributed by atoms with van der Waals surface area (Å²) in [6.45, 7) is 4.32. The van der Waals surface area contributed by atoms with Crippen LogP contribution in [0.4, 0.5) is 5.69 Å². The van der Waals surface area contributed by atoms with Gasteiger partial charge >= 0.3 is 0 Å². The second-order valence-corrected chi connectivity index (χ2v) is 6.77. The lowest BCUT2D eigenvalue weighted by Gasteiger charge is -2.36. The zero-order valence-electron chi connectivity index (χ0n) is 12.3. The summed E-state index contributed by atoms with van der Waals surface area (Å²) in [5, 5.41) is 0. The van der Waals surface area contributed by atoms with Crippen LogP contribution >= 0.6 is 0 Å².